The van der Waals surface area contributed by atoms with Gasteiger partial charge >= 0.3 is 6.01 Å². The molecule has 8 rings (SSSR count). The fourth-order valence-corrected chi connectivity index (χ4v) is 10.4. The zero-order valence-electron chi connectivity index (χ0n) is 24.8. The topological polar surface area (TPSA) is 115 Å². The summed E-state index contributed by atoms with van der Waals surface area (Å²) in [6.07, 6.45) is 4.87. The van der Waals surface area contributed by atoms with Crippen molar-refractivity contribution < 1.29 is 18.4 Å². The Hall–Kier alpha value is -3.25. The second-order valence-electron chi connectivity index (χ2n) is 13.0. The van der Waals surface area contributed by atoms with Crippen LogP contribution < -0.4 is 15.0 Å². The van der Waals surface area contributed by atoms with E-state index in [0.717, 1.165) is 56.1 Å². The van der Waals surface area contributed by atoms with Crippen LogP contribution in [-0.4, -0.2) is 86.1 Å². The fourth-order valence-electron chi connectivity index (χ4n) is 8.02. The van der Waals surface area contributed by atoms with Crippen LogP contribution in [0.4, 0.5) is 10.2 Å². The molecule has 4 bridgehead atoms. The van der Waals surface area contributed by atoms with Crippen LogP contribution >= 0.6 is 11.6 Å². The largest absolute Gasteiger partial charge is 0.508 e. The number of fused-ring (bicyclic) bond motifs is 6. The minimum Gasteiger partial charge on any atom is -0.508 e. The molecular weight excluding hydrogens is 615 g/mol. The number of hydrogen-bond donors (Lipinski definition) is 3. The molecule has 4 atom stereocenters. The summed E-state index contributed by atoms with van der Waals surface area (Å²) in [6.45, 7) is 2.63. The van der Waals surface area contributed by atoms with Crippen molar-refractivity contribution >= 4 is 48.8 Å². The number of phenols is 1. The Morgan fingerprint density at radius 3 is 2.53 bits per heavy atom. The predicted octanol–water partition coefficient (Wildman–Crippen LogP) is 5.55. The maximum absolute atomic E-state index is 16.8. The van der Waals surface area contributed by atoms with Gasteiger partial charge in [-0.05, 0) is 66.6 Å². The number of aromatic nitrogens is 2. The zero-order chi connectivity index (χ0) is 30.9. The fraction of sp³-hybridized carbons (Fsp3) is 0.455. The first-order chi connectivity index (χ1) is 21.7. The van der Waals surface area contributed by atoms with Crippen LogP contribution in [0, 0.1) is 10.6 Å². The highest BCUT2D eigenvalue weighted by atomic mass is 35.5. The average molecular weight is 651 g/mol. The van der Waals surface area contributed by atoms with E-state index in [4.69, 9.17) is 26.1 Å². The van der Waals surface area contributed by atoms with Gasteiger partial charge in [-0.25, -0.2) is 8.60 Å². The Labute approximate surface area is 266 Å². The lowest BCUT2D eigenvalue weighted by molar-refractivity contribution is 0.185. The van der Waals surface area contributed by atoms with Crippen molar-refractivity contribution in [1.82, 2.24) is 20.2 Å². The Morgan fingerprint density at radius 2 is 1.78 bits per heavy atom. The molecule has 4 aliphatic rings. The van der Waals surface area contributed by atoms with Crippen LogP contribution in [0.25, 0.3) is 32.8 Å². The van der Waals surface area contributed by atoms with Gasteiger partial charge in [0.2, 0.25) is 0 Å². The molecule has 5 heterocycles. The maximum Gasteiger partial charge on any atom is 0.319 e. The Kier molecular flexibility index (Phi) is 7.27. The first-order valence-corrected chi connectivity index (χ1v) is 18.1. The molecule has 1 aromatic heterocycles. The number of piperazine rings is 1. The number of ether oxygens (including phenoxy) is 1. The summed E-state index contributed by atoms with van der Waals surface area (Å²) in [5.41, 5.74) is 0.802. The molecule has 0 amide bonds. The van der Waals surface area contributed by atoms with Crippen molar-refractivity contribution in [3.63, 3.8) is 0 Å². The molecule has 0 spiro atoms. The number of nitrogens with zero attached hydrogens (tertiary/aromatic N) is 4. The van der Waals surface area contributed by atoms with Crippen LogP contribution in [0.15, 0.2) is 42.5 Å². The second-order valence-corrected chi connectivity index (χ2v) is 15.7. The first-order valence-electron chi connectivity index (χ1n) is 15.8. The van der Waals surface area contributed by atoms with E-state index in [9.17, 15) is 9.32 Å². The van der Waals surface area contributed by atoms with E-state index in [1.165, 1.54) is 0 Å². The Bertz CT molecular complexity index is 1890. The molecular formula is C33H36ClFN6O3S. The third-order valence-electron chi connectivity index (χ3n) is 9.96. The summed E-state index contributed by atoms with van der Waals surface area (Å²) < 4.78 is 43.4. The number of hydrogen-bond acceptors (Lipinski definition) is 9. The first kappa shape index (κ1) is 29.2. The van der Waals surface area contributed by atoms with Crippen molar-refractivity contribution in [1.29, 1.82) is 4.78 Å². The molecule has 0 radical (unpaired) electrons. The van der Waals surface area contributed by atoms with Gasteiger partial charge in [-0.1, -0.05) is 35.9 Å². The standard InChI is InChI=1S/C33H36ClFN6O3S/c34-28-14-27-31(30(35)29(28)26-13-24(42)12-19-4-1-2-5-25(19)26)38-33(39-32(27)40-15-20-6-7-21(16-40)37-20)44-11-3-10-41-22-8-9-23(41)18-45(36,43)17-22/h1-2,4-5,12-14,20-23,36-37,42H,3,6-11,15-18H2. The summed E-state index contributed by atoms with van der Waals surface area (Å²) in [7, 11) is -2.47. The maximum atomic E-state index is 16.8. The van der Waals surface area contributed by atoms with E-state index < -0.39 is 15.5 Å². The van der Waals surface area contributed by atoms with Gasteiger partial charge in [0, 0.05) is 76.0 Å². The molecule has 45 heavy (non-hydrogen) atoms. The van der Waals surface area contributed by atoms with Crippen molar-refractivity contribution in [3.05, 3.63) is 53.3 Å². The number of rotatable bonds is 7. The number of phenolic OH excluding ortho intramolecular Hbond substituents is 1. The highest BCUT2D eigenvalue weighted by molar-refractivity contribution is 7.92. The molecule has 9 nitrogen and oxygen atoms in total. The third-order valence-corrected chi connectivity index (χ3v) is 12.1. The predicted molar refractivity (Wildman–Crippen MR) is 175 cm³/mol. The van der Waals surface area contributed by atoms with Crippen LogP contribution in [0.1, 0.15) is 32.1 Å². The van der Waals surface area contributed by atoms with Crippen molar-refractivity contribution in [3.8, 4) is 22.9 Å². The quantitative estimate of drug-likeness (QED) is 0.223. The number of benzene rings is 3. The summed E-state index contributed by atoms with van der Waals surface area (Å²) in [6, 6.07) is 13.6. The van der Waals surface area contributed by atoms with Crippen LogP contribution in [0.3, 0.4) is 0 Å². The molecule has 4 unspecified atom stereocenters. The third kappa shape index (κ3) is 5.37. The van der Waals surface area contributed by atoms with Gasteiger partial charge in [0.05, 0.1) is 11.6 Å². The average Bonchev–Trinajstić information content (AvgIpc) is 3.48. The number of aromatic hydroxyl groups is 1. The van der Waals surface area contributed by atoms with E-state index in [1.54, 1.807) is 18.2 Å². The van der Waals surface area contributed by atoms with Gasteiger partial charge in [-0.2, -0.15) is 9.97 Å². The van der Waals surface area contributed by atoms with E-state index >= 15 is 4.39 Å². The van der Waals surface area contributed by atoms with Gasteiger partial charge in [0.25, 0.3) is 0 Å². The number of halogens is 2. The van der Waals surface area contributed by atoms with Crippen molar-refractivity contribution in [2.75, 3.05) is 42.6 Å². The molecule has 236 valence electrons. The molecule has 4 saturated heterocycles. The molecule has 3 aromatic carbocycles. The van der Waals surface area contributed by atoms with Crippen LogP contribution in [0.5, 0.6) is 11.8 Å². The van der Waals surface area contributed by atoms with Crippen LogP contribution in [0.2, 0.25) is 5.02 Å². The lowest BCUT2D eigenvalue weighted by Gasteiger charge is -2.35. The van der Waals surface area contributed by atoms with Crippen molar-refractivity contribution in [2.24, 2.45) is 0 Å². The monoisotopic (exact) mass is 650 g/mol. The van der Waals surface area contributed by atoms with E-state index in [0.29, 0.717) is 53.4 Å². The molecule has 12 heteroatoms. The molecule has 3 N–H and O–H groups in total. The van der Waals surface area contributed by atoms with Crippen LogP contribution in [-0.2, 0) is 9.73 Å². The summed E-state index contributed by atoms with van der Waals surface area (Å²) in [5, 5.41) is 16.5. The Balaban J connectivity index is 1.14. The van der Waals surface area contributed by atoms with Gasteiger partial charge in [-0.3, -0.25) is 9.68 Å². The summed E-state index contributed by atoms with van der Waals surface area (Å²) in [5.74, 6) is 0.958. The zero-order valence-corrected chi connectivity index (χ0v) is 26.4. The molecule has 4 aromatic rings. The smallest absolute Gasteiger partial charge is 0.319 e. The van der Waals surface area contributed by atoms with Gasteiger partial charge in [0.15, 0.2) is 5.82 Å². The molecule has 0 saturated carbocycles. The minimum atomic E-state index is -2.47. The summed E-state index contributed by atoms with van der Waals surface area (Å²) in [4.78, 5) is 14.0. The van der Waals surface area contributed by atoms with Crippen molar-refractivity contribution in [2.45, 2.75) is 56.3 Å². The van der Waals surface area contributed by atoms with E-state index in [2.05, 4.69) is 20.1 Å². The minimum absolute atomic E-state index is 0.0233. The molecule has 4 fully saturated rings. The highest BCUT2D eigenvalue weighted by Gasteiger charge is 2.41. The van der Waals surface area contributed by atoms with E-state index in [-0.39, 0.29) is 39.9 Å². The summed E-state index contributed by atoms with van der Waals surface area (Å²) >= 11 is 6.86. The second kappa shape index (κ2) is 11.2. The van der Waals surface area contributed by atoms with Gasteiger partial charge in [0.1, 0.15) is 17.1 Å². The van der Waals surface area contributed by atoms with Gasteiger partial charge in [-0.15, -0.1) is 0 Å². The number of nitrogens with one attached hydrogen (secondary N) is 2. The SMILES string of the molecule is N=S1(=O)CC2CCC(C1)N2CCCOc1nc(N2CC3CCC(C2)N3)c2cc(Cl)c(-c3cc(O)cc4ccccc34)c(F)c2n1. The lowest BCUT2D eigenvalue weighted by Crippen LogP contribution is -2.51. The van der Waals surface area contributed by atoms with E-state index in [1.807, 2.05) is 24.3 Å². The molecule has 0 aliphatic carbocycles. The highest BCUT2D eigenvalue weighted by Crippen LogP contribution is 2.43. The van der Waals surface area contributed by atoms with Gasteiger partial charge < -0.3 is 20.1 Å². The normalized spacial score (nSPS) is 27.9. The lowest BCUT2D eigenvalue weighted by atomic mass is 9.96. The number of anilines is 1. The molecule has 4 aliphatic heterocycles. The Morgan fingerprint density at radius 1 is 1.04 bits per heavy atom.